The normalized spacial score (nSPS) is 14.1. The fraction of sp³-hybridized carbons (Fsp3) is 0.500. The Morgan fingerprint density at radius 2 is 2.18 bits per heavy atom. The van der Waals surface area contributed by atoms with Crippen LogP contribution in [-0.2, 0) is 23.0 Å². The van der Waals surface area contributed by atoms with Crippen molar-refractivity contribution in [2.24, 2.45) is 7.05 Å². The van der Waals surface area contributed by atoms with Gasteiger partial charge < -0.3 is 14.9 Å². The lowest BCUT2D eigenvalue weighted by Crippen LogP contribution is -2.38. The van der Waals surface area contributed by atoms with Crippen molar-refractivity contribution in [3.63, 3.8) is 0 Å². The van der Waals surface area contributed by atoms with Gasteiger partial charge in [0.1, 0.15) is 5.56 Å². The molecule has 0 aliphatic rings. The molecule has 0 saturated carbocycles. The zero-order chi connectivity index (χ0) is 13.2. The number of aliphatic carboxylic acids is 1. The number of esters is 1. The van der Waals surface area contributed by atoms with E-state index in [4.69, 9.17) is 5.11 Å². The summed E-state index contributed by atoms with van der Waals surface area (Å²) in [5, 5.41) is 22.3. The van der Waals surface area contributed by atoms with Crippen LogP contribution in [0.1, 0.15) is 23.0 Å². The highest BCUT2D eigenvalue weighted by molar-refractivity contribution is 5.90. The molecule has 0 aliphatic carbocycles. The van der Waals surface area contributed by atoms with Crippen LogP contribution in [0, 0.1) is 0 Å². The maximum atomic E-state index is 11.4. The molecule has 1 aromatic heterocycles. The molecule has 1 unspecified atom stereocenters. The molecule has 94 valence electrons. The smallest absolute Gasteiger partial charge is 0.341 e. The standard InChI is InChI=1S/C10H14N2O5/c1-10(16,9(14)15)4-7-6(8(13)17-3)5-11-12(7)2/h5,16H,4H2,1-3H3,(H,14,15). The summed E-state index contributed by atoms with van der Waals surface area (Å²) in [4.78, 5) is 22.2. The minimum atomic E-state index is -1.96. The number of aryl methyl sites for hydroxylation is 1. The molecule has 1 aromatic rings. The average Bonchev–Trinajstić information content (AvgIpc) is 2.59. The molecule has 1 atom stereocenters. The fourth-order valence-corrected chi connectivity index (χ4v) is 1.35. The maximum absolute atomic E-state index is 11.4. The zero-order valence-corrected chi connectivity index (χ0v) is 9.80. The van der Waals surface area contributed by atoms with Crippen LogP contribution in [0.15, 0.2) is 6.20 Å². The first-order chi connectivity index (χ1) is 7.79. The number of carboxylic acids is 1. The van der Waals surface area contributed by atoms with Gasteiger partial charge in [0.25, 0.3) is 0 Å². The van der Waals surface area contributed by atoms with Crippen molar-refractivity contribution >= 4 is 11.9 Å². The summed E-state index contributed by atoms with van der Waals surface area (Å²) in [5.41, 5.74) is -1.50. The Bertz CT molecular complexity index is 450. The lowest BCUT2D eigenvalue weighted by atomic mass is 9.98. The van der Waals surface area contributed by atoms with Gasteiger partial charge in [-0.15, -0.1) is 0 Å². The van der Waals surface area contributed by atoms with Crippen molar-refractivity contribution in [3.05, 3.63) is 17.5 Å². The average molecular weight is 242 g/mol. The van der Waals surface area contributed by atoms with Gasteiger partial charge in [-0.1, -0.05) is 0 Å². The van der Waals surface area contributed by atoms with E-state index in [0.29, 0.717) is 5.69 Å². The van der Waals surface area contributed by atoms with Crippen molar-refractivity contribution in [2.75, 3.05) is 7.11 Å². The monoisotopic (exact) mass is 242 g/mol. The van der Waals surface area contributed by atoms with Crippen molar-refractivity contribution in [1.29, 1.82) is 0 Å². The number of hydrogen-bond acceptors (Lipinski definition) is 5. The number of carboxylic acid groups (broad SMARTS) is 1. The molecule has 0 aromatic carbocycles. The Hall–Kier alpha value is -1.89. The topological polar surface area (TPSA) is 102 Å². The molecular weight excluding hydrogens is 228 g/mol. The molecule has 7 nitrogen and oxygen atoms in total. The van der Waals surface area contributed by atoms with Gasteiger partial charge in [0.15, 0.2) is 5.60 Å². The lowest BCUT2D eigenvalue weighted by molar-refractivity contribution is -0.156. The molecule has 0 fully saturated rings. The van der Waals surface area contributed by atoms with E-state index >= 15 is 0 Å². The van der Waals surface area contributed by atoms with E-state index in [1.54, 1.807) is 7.05 Å². The Labute approximate surface area is 97.6 Å². The molecule has 0 saturated heterocycles. The summed E-state index contributed by atoms with van der Waals surface area (Å²) >= 11 is 0. The predicted octanol–water partition coefficient (Wildman–Crippen LogP) is -0.415. The van der Waals surface area contributed by atoms with Crippen LogP contribution in [0.2, 0.25) is 0 Å². The second-order valence-corrected chi connectivity index (χ2v) is 3.88. The summed E-state index contributed by atoms with van der Waals surface area (Å²) in [7, 11) is 2.77. The van der Waals surface area contributed by atoms with Crippen LogP contribution in [0.3, 0.4) is 0 Å². The number of methoxy groups -OCH3 is 1. The van der Waals surface area contributed by atoms with Gasteiger partial charge in [0.05, 0.1) is 19.0 Å². The Kier molecular flexibility index (Phi) is 3.52. The molecule has 17 heavy (non-hydrogen) atoms. The largest absolute Gasteiger partial charge is 0.479 e. The van der Waals surface area contributed by atoms with Gasteiger partial charge in [-0.05, 0) is 6.92 Å². The second kappa shape index (κ2) is 4.54. The van der Waals surface area contributed by atoms with Gasteiger partial charge in [0, 0.05) is 13.5 Å². The van der Waals surface area contributed by atoms with Crippen LogP contribution >= 0.6 is 0 Å². The van der Waals surface area contributed by atoms with Crippen LogP contribution in [-0.4, -0.2) is 44.6 Å². The number of aliphatic hydroxyl groups is 1. The summed E-state index contributed by atoms with van der Waals surface area (Å²) in [6.07, 6.45) is 1.04. The van der Waals surface area contributed by atoms with Gasteiger partial charge in [-0.25, -0.2) is 9.59 Å². The van der Waals surface area contributed by atoms with E-state index in [9.17, 15) is 14.7 Å². The zero-order valence-electron chi connectivity index (χ0n) is 9.80. The molecule has 0 spiro atoms. The number of rotatable bonds is 4. The minimum Gasteiger partial charge on any atom is -0.479 e. The fourth-order valence-electron chi connectivity index (χ4n) is 1.35. The van der Waals surface area contributed by atoms with Crippen LogP contribution in [0.4, 0.5) is 0 Å². The molecule has 1 heterocycles. The molecule has 0 aliphatic heterocycles. The third-order valence-corrected chi connectivity index (χ3v) is 2.44. The van der Waals surface area contributed by atoms with E-state index in [-0.39, 0.29) is 12.0 Å². The van der Waals surface area contributed by atoms with Gasteiger partial charge in [-0.3, -0.25) is 4.68 Å². The van der Waals surface area contributed by atoms with Crippen LogP contribution in [0.25, 0.3) is 0 Å². The van der Waals surface area contributed by atoms with E-state index in [1.807, 2.05) is 0 Å². The third-order valence-electron chi connectivity index (χ3n) is 2.44. The first-order valence-corrected chi connectivity index (χ1v) is 4.84. The van der Waals surface area contributed by atoms with Crippen molar-refractivity contribution in [2.45, 2.75) is 18.9 Å². The molecule has 0 radical (unpaired) electrons. The Morgan fingerprint density at radius 1 is 1.59 bits per heavy atom. The highest BCUT2D eigenvalue weighted by atomic mass is 16.5. The highest BCUT2D eigenvalue weighted by Gasteiger charge is 2.33. The van der Waals surface area contributed by atoms with Crippen LogP contribution < -0.4 is 0 Å². The highest BCUT2D eigenvalue weighted by Crippen LogP contribution is 2.17. The molecular formula is C10H14N2O5. The second-order valence-electron chi connectivity index (χ2n) is 3.88. The van der Waals surface area contributed by atoms with E-state index in [2.05, 4.69) is 9.84 Å². The summed E-state index contributed by atoms with van der Waals surface area (Å²) in [6, 6.07) is 0. The van der Waals surface area contributed by atoms with Crippen molar-refractivity contribution < 1.29 is 24.5 Å². The Balaban J connectivity index is 3.10. The minimum absolute atomic E-state index is 0.150. The quantitative estimate of drug-likeness (QED) is 0.695. The number of nitrogens with zero attached hydrogens (tertiary/aromatic N) is 2. The molecule has 1 rings (SSSR count). The number of ether oxygens (including phenoxy) is 1. The van der Waals surface area contributed by atoms with Gasteiger partial charge >= 0.3 is 11.9 Å². The van der Waals surface area contributed by atoms with Crippen molar-refractivity contribution in [3.8, 4) is 0 Å². The van der Waals surface area contributed by atoms with Crippen molar-refractivity contribution in [1.82, 2.24) is 9.78 Å². The number of hydrogen-bond donors (Lipinski definition) is 2. The summed E-state index contributed by atoms with van der Waals surface area (Å²) in [6.45, 7) is 1.16. The van der Waals surface area contributed by atoms with Gasteiger partial charge in [-0.2, -0.15) is 5.10 Å². The van der Waals surface area contributed by atoms with E-state index < -0.39 is 17.5 Å². The number of carbonyl (C=O) groups excluding carboxylic acids is 1. The number of aromatic nitrogens is 2. The van der Waals surface area contributed by atoms with E-state index in [0.717, 1.165) is 6.92 Å². The molecule has 0 amide bonds. The summed E-state index contributed by atoms with van der Waals surface area (Å²) in [5.74, 6) is -1.98. The summed E-state index contributed by atoms with van der Waals surface area (Å²) < 4.78 is 5.88. The van der Waals surface area contributed by atoms with Gasteiger partial charge in [0.2, 0.25) is 0 Å². The molecule has 0 bridgehead atoms. The third kappa shape index (κ3) is 2.62. The predicted molar refractivity (Wildman–Crippen MR) is 56.5 cm³/mol. The SMILES string of the molecule is COC(=O)c1cnn(C)c1CC(C)(O)C(=O)O. The first kappa shape index (κ1) is 13.2. The lowest BCUT2D eigenvalue weighted by Gasteiger charge is -2.18. The van der Waals surface area contributed by atoms with E-state index in [1.165, 1.54) is 18.0 Å². The number of carbonyl (C=O) groups is 2. The molecule has 7 heteroatoms. The molecule has 2 N–H and O–H groups in total. The maximum Gasteiger partial charge on any atom is 0.341 e. The Morgan fingerprint density at radius 3 is 2.65 bits per heavy atom. The van der Waals surface area contributed by atoms with Crippen LogP contribution in [0.5, 0.6) is 0 Å². The first-order valence-electron chi connectivity index (χ1n) is 4.84.